The molecule has 104 valence electrons. The molecule has 0 aromatic carbocycles. The summed E-state index contributed by atoms with van der Waals surface area (Å²) in [5, 5.41) is 18.7. The van der Waals surface area contributed by atoms with Crippen molar-refractivity contribution in [3.8, 4) is 0 Å². The molecule has 0 aromatic heterocycles. The van der Waals surface area contributed by atoms with Crippen LogP contribution in [0.4, 0.5) is 0 Å². The SMILES string of the molecule is CC(C)(O)C(C)(C)CCCCCCCCCO. The molecular weight excluding hydrogens is 212 g/mol. The Balaban J connectivity index is 3.46. The van der Waals surface area contributed by atoms with Crippen LogP contribution in [0.3, 0.4) is 0 Å². The molecule has 0 saturated heterocycles. The zero-order valence-electron chi connectivity index (χ0n) is 12.3. The highest BCUT2D eigenvalue weighted by Crippen LogP contribution is 2.35. The molecule has 0 aliphatic heterocycles. The van der Waals surface area contributed by atoms with Crippen LogP contribution in [0.2, 0.25) is 0 Å². The van der Waals surface area contributed by atoms with Gasteiger partial charge < -0.3 is 10.2 Å². The van der Waals surface area contributed by atoms with Crippen LogP contribution < -0.4 is 0 Å². The monoisotopic (exact) mass is 244 g/mol. The Bertz CT molecular complexity index is 180. The van der Waals surface area contributed by atoms with Crippen molar-refractivity contribution in [2.45, 2.75) is 84.7 Å². The van der Waals surface area contributed by atoms with E-state index in [1.54, 1.807) is 0 Å². The Morgan fingerprint density at radius 3 is 1.53 bits per heavy atom. The van der Waals surface area contributed by atoms with E-state index in [9.17, 15) is 5.11 Å². The van der Waals surface area contributed by atoms with Gasteiger partial charge in [0.15, 0.2) is 0 Å². The molecular formula is C15H32O2. The fraction of sp³-hybridized carbons (Fsp3) is 1.00. The van der Waals surface area contributed by atoms with Crippen LogP contribution in [0, 0.1) is 5.41 Å². The van der Waals surface area contributed by atoms with E-state index in [1.807, 2.05) is 13.8 Å². The van der Waals surface area contributed by atoms with Crippen molar-refractivity contribution in [2.75, 3.05) is 6.61 Å². The summed E-state index contributed by atoms with van der Waals surface area (Å²) < 4.78 is 0. The summed E-state index contributed by atoms with van der Waals surface area (Å²) in [5.74, 6) is 0. The molecule has 0 rings (SSSR count). The summed E-state index contributed by atoms with van der Waals surface area (Å²) in [4.78, 5) is 0. The van der Waals surface area contributed by atoms with E-state index in [2.05, 4.69) is 13.8 Å². The Kier molecular flexibility index (Phi) is 8.06. The predicted octanol–water partition coefficient (Wildman–Crippen LogP) is 3.90. The van der Waals surface area contributed by atoms with E-state index >= 15 is 0 Å². The van der Waals surface area contributed by atoms with Crippen LogP contribution in [0.1, 0.15) is 79.1 Å². The number of hydrogen-bond acceptors (Lipinski definition) is 2. The minimum Gasteiger partial charge on any atom is -0.396 e. The fourth-order valence-electron chi connectivity index (χ4n) is 1.87. The molecule has 2 heteroatoms. The summed E-state index contributed by atoms with van der Waals surface area (Å²) in [6.07, 6.45) is 9.48. The lowest BCUT2D eigenvalue weighted by atomic mass is 9.73. The third-order valence-corrected chi connectivity index (χ3v) is 4.12. The summed E-state index contributed by atoms with van der Waals surface area (Å²) in [7, 11) is 0. The van der Waals surface area contributed by atoms with Crippen molar-refractivity contribution >= 4 is 0 Å². The highest BCUT2D eigenvalue weighted by atomic mass is 16.3. The summed E-state index contributed by atoms with van der Waals surface area (Å²) >= 11 is 0. The Morgan fingerprint density at radius 1 is 0.706 bits per heavy atom. The second-order valence-corrected chi connectivity index (χ2v) is 6.39. The average Bonchev–Trinajstić information content (AvgIpc) is 2.20. The maximum atomic E-state index is 10.0. The lowest BCUT2D eigenvalue weighted by Crippen LogP contribution is -2.38. The Labute approximate surface area is 107 Å². The molecule has 0 aliphatic rings. The van der Waals surface area contributed by atoms with Gasteiger partial charge in [0.25, 0.3) is 0 Å². The molecule has 0 heterocycles. The van der Waals surface area contributed by atoms with Crippen LogP contribution in [0.5, 0.6) is 0 Å². The van der Waals surface area contributed by atoms with Crippen molar-refractivity contribution in [3.63, 3.8) is 0 Å². The van der Waals surface area contributed by atoms with Crippen molar-refractivity contribution in [3.05, 3.63) is 0 Å². The highest BCUT2D eigenvalue weighted by Gasteiger charge is 2.33. The molecule has 0 spiro atoms. The van der Waals surface area contributed by atoms with Gasteiger partial charge in [-0.05, 0) is 32.1 Å². The van der Waals surface area contributed by atoms with Crippen LogP contribution in [0.25, 0.3) is 0 Å². The third-order valence-electron chi connectivity index (χ3n) is 4.12. The quantitative estimate of drug-likeness (QED) is 0.572. The molecule has 0 amide bonds. The van der Waals surface area contributed by atoms with E-state index < -0.39 is 5.60 Å². The first-order valence-corrected chi connectivity index (χ1v) is 7.14. The predicted molar refractivity (Wildman–Crippen MR) is 74.1 cm³/mol. The molecule has 2 N–H and O–H groups in total. The van der Waals surface area contributed by atoms with Crippen molar-refractivity contribution in [1.29, 1.82) is 0 Å². The number of aliphatic hydroxyl groups excluding tert-OH is 1. The van der Waals surface area contributed by atoms with E-state index in [1.165, 1.54) is 32.1 Å². The van der Waals surface area contributed by atoms with E-state index in [0.717, 1.165) is 19.3 Å². The average molecular weight is 244 g/mol. The third kappa shape index (κ3) is 7.77. The molecule has 0 bridgehead atoms. The molecule has 0 aliphatic carbocycles. The van der Waals surface area contributed by atoms with Crippen LogP contribution in [0.15, 0.2) is 0 Å². The number of rotatable bonds is 10. The molecule has 0 saturated carbocycles. The molecule has 0 fully saturated rings. The van der Waals surface area contributed by atoms with Gasteiger partial charge in [0.1, 0.15) is 0 Å². The number of hydrogen-bond donors (Lipinski definition) is 2. The first kappa shape index (κ1) is 16.9. The second-order valence-electron chi connectivity index (χ2n) is 6.39. The first-order valence-electron chi connectivity index (χ1n) is 7.14. The van der Waals surface area contributed by atoms with Crippen molar-refractivity contribution in [2.24, 2.45) is 5.41 Å². The lowest BCUT2D eigenvalue weighted by molar-refractivity contribution is -0.0405. The zero-order valence-corrected chi connectivity index (χ0v) is 12.3. The highest BCUT2D eigenvalue weighted by molar-refractivity contribution is 4.85. The normalized spacial score (nSPS) is 13.1. The molecule has 0 radical (unpaired) electrons. The van der Waals surface area contributed by atoms with E-state index in [0.29, 0.717) is 6.61 Å². The second kappa shape index (κ2) is 8.10. The first-order chi connectivity index (χ1) is 7.81. The topological polar surface area (TPSA) is 40.5 Å². The van der Waals surface area contributed by atoms with Gasteiger partial charge in [-0.25, -0.2) is 0 Å². The molecule has 17 heavy (non-hydrogen) atoms. The zero-order chi connectivity index (χ0) is 13.4. The lowest BCUT2D eigenvalue weighted by Gasteiger charge is -2.37. The van der Waals surface area contributed by atoms with Crippen LogP contribution >= 0.6 is 0 Å². The standard InChI is InChI=1S/C15H32O2/c1-14(2,15(3,4)17)12-10-8-6-5-7-9-11-13-16/h16-17H,5-13H2,1-4H3. The van der Waals surface area contributed by atoms with Gasteiger partial charge in [-0.2, -0.15) is 0 Å². The van der Waals surface area contributed by atoms with Gasteiger partial charge in [-0.15, -0.1) is 0 Å². The van der Waals surface area contributed by atoms with E-state index in [4.69, 9.17) is 5.11 Å². The largest absolute Gasteiger partial charge is 0.396 e. The van der Waals surface area contributed by atoms with Gasteiger partial charge in [0.2, 0.25) is 0 Å². The van der Waals surface area contributed by atoms with Gasteiger partial charge in [0, 0.05) is 6.61 Å². The fourth-order valence-corrected chi connectivity index (χ4v) is 1.87. The minimum absolute atomic E-state index is 0.00386. The maximum Gasteiger partial charge on any atom is 0.0642 e. The van der Waals surface area contributed by atoms with Crippen LogP contribution in [-0.2, 0) is 0 Å². The van der Waals surface area contributed by atoms with Gasteiger partial charge in [-0.3, -0.25) is 0 Å². The maximum absolute atomic E-state index is 10.0. The Morgan fingerprint density at radius 2 is 1.12 bits per heavy atom. The van der Waals surface area contributed by atoms with Crippen molar-refractivity contribution in [1.82, 2.24) is 0 Å². The van der Waals surface area contributed by atoms with Gasteiger partial charge in [-0.1, -0.05) is 52.4 Å². The summed E-state index contributed by atoms with van der Waals surface area (Å²) in [5.41, 5.74) is -0.585. The number of unbranched alkanes of at least 4 members (excludes halogenated alkanes) is 6. The minimum atomic E-state index is -0.589. The summed E-state index contributed by atoms with van der Waals surface area (Å²) in [6.45, 7) is 8.44. The van der Waals surface area contributed by atoms with Crippen LogP contribution in [-0.4, -0.2) is 22.4 Å². The Hall–Kier alpha value is -0.0800. The summed E-state index contributed by atoms with van der Waals surface area (Å²) in [6, 6.07) is 0. The van der Waals surface area contributed by atoms with Gasteiger partial charge in [0.05, 0.1) is 5.60 Å². The molecule has 0 aromatic rings. The smallest absolute Gasteiger partial charge is 0.0642 e. The van der Waals surface area contributed by atoms with E-state index in [-0.39, 0.29) is 5.41 Å². The van der Waals surface area contributed by atoms with Crippen molar-refractivity contribution < 1.29 is 10.2 Å². The molecule has 0 atom stereocenters. The molecule has 2 nitrogen and oxygen atoms in total. The van der Waals surface area contributed by atoms with Gasteiger partial charge >= 0.3 is 0 Å². The molecule has 0 unspecified atom stereocenters. The number of aliphatic hydroxyl groups is 2.